The van der Waals surface area contributed by atoms with E-state index in [0.29, 0.717) is 11.7 Å². The molecule has 0 aliphatic carbocycles. The largest absolute Gasteiger partial charge is 0.478 e. The second-order valence-electron chi connectivity index (χ2n) is 4.49. The van der Waals surface area contributed by atoms with Crippen molar-refractivity contribution in [3.63, 3.8) is 0 Å². The lowest BCUT2D eigenvalue weighted by atomic mass is 10.0. The van der Waals surface area contributed by atoms with E-state index in [0.717, 1.165) is 19.5 Å². The van der Waals surface area contributed by atoms with Crippen molar-refractivity contribution >= 4 is 23.4 Å². The van der Waals surface area contributed by atoms with Crippen LogP contribution < -0.4 is 4.90 Å². The molecule has 1 N–H and O–H groups in total. The first-order chi connectivity index (χ1) is 8.09. The molecule has 0 aromatic carbocycles. The van der Waals surface area contributed by atoms with Crippen molar-refractivity contribution in [2.45, 2.75) is 19.8 Å². The molecule has 1 aliphatic heterocycles. The Morgan fingerprint density at radius 1 is 1.65 bits per heavy atom. The molecule has 0 radical (unpaired) electrons. The van der Waals surface area contributed by atoms with Gasteiger partial charge in [0.1, 0.15) is 5.82 Å². The van der Waals surface area contributed by atoms with E-state index in [9.17, 15) is 4.79 Å². The Hall–Kier alpha value is -1.29. The summed E-state index contributed by atoms with van der Waals surface area (Å²) in [5, 5.41) is 9.25. The van der Waals surface area contributed by atoms with Crippen LogP contribution in [0.15, 0.2) is 12.3 Å². The lowest BCUT2D eigenvalue weighted by Crippen LogP contribution is -2.35. The summed E-state index contributed by atoms with van der Waals surface area (Å²) in [5.41, 5.74) is 0.120. The number of halogens is 1. The fraction of sp³-hybridized carbons (Fsp3) is 0.500. The number of aromatic carboxylic acids is 1. The fourth-order valence-electron chi connectivity index (χ4n) is 2.20. The first-order valence-electron chi connectivity index (χ1n) is 5.72. The summed E-state index contributed by atoms with van der Waals surface area (Å²) in [6, 6.07) is 1.43. The van der Waals surface area contributed by atoms with Crippen LogP contribution in [0.1, 0.15) is 30.1 Å². The minimum atomic E-state index is -1.01. The third kappa shape index (κ3) is 2.52. The molecule has 0 saturated carbocycles. The number of carboxylic acid groups (broad SMARTS) is 1. The SMILES string of the molecule is CC1CCCN(c2nccc(C(=O)O)c2Cl)C1. The zero-order valence-corrected chi connectivity index (χ0v) is 10.4. The maximum atomic E-state index is 11.0. The summed E-state index contributed by atoms with van der Waals surface area (Å²) in [6.07, 6.45) is 3.80. The predicted octanol–water partition coefficient (Wildman–Crippen LogP) is 2.67. The number of pyridine rings is 1. The zero-order valence-electron chi connectivity index (χ0n) is 9.69. The topological polar surface area (TPSA) is 53.4 Å². The highest BCUT2D eigenvalue weighted by Crippen LogP contribution is 2.30. The fourth-order valence-corrected chi connectivity index (χ4v) is 2.51. The number of nitrogens with zero attached hydrogens (tertiary/aromatic N) is 2. The first kappa shape index (κ1) is 12.2. The van der Waals surface area contributed by atoms with E-state index in [-0.39, 0.29) is 10.6 Å². The molecule has 1 aromatic heterocycles. The predicted molar refractivity (Wildman–Crippen MR) is 66.8 cm³/mol. The maximum absolute atomic E-state index is 11.0. The van der Waals surface area contributed by atoms with Crippen LogP contribution in [0.4, 0.5) is 5.82 Å². The van der Waals surface area contributed by atoms with Gasteiger partial charge >= 0.3 is 5.97 Å². The summed E-state index contributed by atoms with van der Waals surface area (Å²) in [6.45, 7) is 3.96. The van der Waals surface area contributed by atoms with Crippen molar-refractivity contribution in [2.24, 2.45) is 5.92 Å². The van der Waals surface area contributed by atoms with Crippen LogP contribution in [0.3, 0.4) is 0 Å². The van der Waals surface area contributed by atoms with Gasteiger partial charge < -0.3 is 10.0 Å². The molecule has 1 saturated heterocycles. The maximum Gasteiger partial charge on any atom is 0.337 e. The van der Waals surface area contributed by atoms with Crippen LogP contribution in [0.5, 0.6) is 0 Å². The summed E-state index contributed by atoms with van der Waals surface area (Å²) in [7, 11) is 0. The molecule has 2 heterocycles. The van der Waals surface area contributed by atoms with Crippen LogP contribution >= 0.6 is 11.6 Å². The summed E-state index contributed by atoms with van der Waals surface area (Å²) in [5.74, 6) is 0.178. The molecular formula is C12H15ClN2O2. The molecule has 1 atom stereocenters. The second-order valence-corrected chi connectivity index (χ2v) is 4.87. The molecule has 5 heteroatoms. The van der Waals surface area contributed by atoms with Crippen molar-refractivity contribution in [3.05, 3.63) is 22.8 Å². The Bertz CT molecular complexity index is 437. The second kappa shape index (κ2) is 4.92. The lowest BCUT2D eigenvalue weighted by molar-refractivity contribution is 0.0697. The lowest BCUT2D eigenvalue weighted by Gasteiger charge is -2.32. The zero-order chi connectivity index (χ0) is 12.4. The van der Waals surface area contributed by atoms with E-state index in [2.05, 4.69) is 16.8 Å². The van der Waals surface area contributed by atoms with Gasteiger partial charge in [-0.1, -0.05) is 18.5 Å². The molecule has 1 aromatic rings. The summed E-state index contributed by atoms with van der Waals surface area (Å²) >= 11 is 6.10. The van der Waals surface area contributed by atoms with Crippen molar-refractivity contribution in [3.8, 4) is 0 Å². The van der Waals surface area contributed by atoms with E-state index < -0.39 is 5.97 Å². The molecule has 4 nitrogen and oxygen atoms in total. The quantitative estimate of drug-likeness (QED) is 0.882. The molecule has 0 bridgehead atoms. The number of aromatic nitrogens is 1. The minimum Gasteiger partial charge on any atom is -0.478 e. The van der Waals surface area contributed by atoms with Gasteiger partial charge in [0, 0.05) is 19.3 Å². The van der Waals surface area contributed by atoms with Gasteiger partial charge in [0.25, 0.3) is 0 Å². The van der Waals surface area contributed by atoms with E-state index >= 15 is 0 Å². The highest BCUT2D eigenvalue weighted by atomic mass is 35.5. The van der Waals surface area contributed by atoms with Gasteiger partial charge in [0.15, 0.2) is 0 Å². The normalized spacial score (nSPS) is 20.4. The molecule has 17 heavy (non-hydrogen) atoms. The summed E-state index contributed by atoms with van der Waals surface area (Å²) < 4.78 is 0. The number of anilines is 1. The van der Waals surface area contributed by atoms with Crippen molar-refractivity contribution < 1.29 is 9.90 Å². The Kier molecular flexibility index (Phi) is 3.52. The number of hydrogen-bond acceptors (Lipinski definition) is 3. The number of rotatable bonds is 2. The van der Waals surface area contributed by atoms with Gasteiger partial charge in [-0.05, 0) is 24.8 Å². The van der Waals surface area contributed by atoms with Gasteiger partial charge in [-0.2, -0.15) is 0 Å². The average molecular weight is 255 g/mol. The minimum absolute atomic E-state index is 0.120. The van der Waals surface area contributed by atoms with E-state index in [1.807, 2.05) is 0 Å². The Balaban J connectivity index is 2.32. The Morgan fingerprint density at radius 3 is 3.06 bits per heavy atom. The van der Waals surface area contributed by atoms with E-state index in [1.54, 1.807) is 0 Å². The van der Waals surface area contributed by atoms with E-state index in [1.165, 1.54) is 18.7 Å². The molecule has 0 spiro atoms. The summed E-state index contributed by atoms with van der Waals surface area (Å²) in [4.78, 5) is 17.3. The molecular weight excluding hydrogens is 240 g/mol. The molecule has 1 unspecified atom stereocenters. The van der Waals surface area contributed by atoms with Crippen LogP contribution in [0.2, 0.25) is 5.02 Å². The smallest absolute Gasteiger partial charge is 0.337 e. The molecule has 1 aliphatic rings. The van der Waals surface area contributed by atoms with Crippen molar-refractivity contribution in [1.29, 1.82) is 0 Å². The van der Waals surface area contributed by atoms with Crippen LogP contribution in [-0.2, 0) is 0 Å². The number of carboxylic acids is 1. The van der Waals surface area contributed by atoms with Crippen molar-refractivity contribution in [2.75, 3.05) is 18.0 Å². The molecule has 1 fully saturated rings. The highest BCUT2D eigenvalue weighted by molar-refractivity contribution is 6.35. The number of piperidine rings is 1. The number of hydrogen-bond donors (Lipinski definition) is 1. The van der Waals surface area contributed by atoms with E-state index in [4.69, 9.17) is 16.7 Å². The Morgan fingerprint density at radius 2 is 2.41 bits per heavy atom. The van der Waals surface area contributed by atoms with Gasteiger partial charge in [-0.15, -0.1) is 0 Å². The van der Waals surface area contributed by atoms with Crippen LogP contribution in [0.25, 0.3) is 0 Å². The molecule has 2 rings (SSSR count). The van der Waals surface area contributed by atoms with Gasteiger partial charge in [-0.3, -0.25) is 0 Å². The van der Waals surface area contributed by atoms with Gasteiger partial charge in [0.05, 0.1) is 10.6 Å². The third-order valence-electron chi connectivity index (χ3n) is 3.06. The average Bonchev–Trinajstić information content (AvgIpc) is 2.29. The molecule has 92 valence electrons. The monoisotopic (exact) mass is 254 g/mol. The Labute approximate surface area is 105 Å². The third-order valence-corrected chi connectivity index (χ3v) is 3.43. The van der Waals surface area contributed by atoms with Gasteiger partial charge in [-0.25, -0.2) is 9.78 Å². The molecule has 0 amide bonds. The standard InChI is InChI=1S/C12H15ClN2O2/c1-8-3-2-6-15(7-8)11-10(13)9(12(16)17)4-5-14-11/h4-5,8H,2-3,6-7H2,1H3,(H,16,17). The van der Waals surface area contributed by atoms with Crippen LogP contribution in [0, 0.1) is 5.92 Å². The number of carbonyl (C=O) groups is 1. The van der Waals surface area contributed by atoms with Crippen LogP contribution in [-0.4, -0.2) is 29.1 Å². The van der Waals surface area contributed by atoms with Gasteiger partial charge in [0.2, 0.25) is 0 Å². The highest BCUT2D eigenvalue weighted by Gasteiger charge is 2.22. The van der Waals surface area contributed by atoms with Crippen molar-refractivity contribution in [1.82, 2.24) is 4.98 Å². The first-order valence-corrected chi connectivity index (χ1v) is 6.10.